The molecule has 11 nitrogen and oxygen atoms in total. The molecule has 31 heavy (non-hydrogen) atoms. The van der Waals surface area contributed by atoms with E-state index in [1.807, 2.05) is 0 Å². The van der Waals surface area contributed by atoms with Crippen LogP contribution in [-0.2, 0) is 4.79 Å². The van der Waals surface area contributed by atoms with Gasteiger partial charge in [0.25, 0.3) is 11.6 Å². The van der Waals surface area contributed by atoms with Crippen LogP contribution in [0.2, 0.25) is 5.02 Å². The van der Waals surface area contributed by atoms with Gasteiger partial charge in [-0.3, -0.25) is 19.7 Å². The van der Waals surface area contributed by atoms with Crippen LogP contribution < -0.4 is 15.4 Å². The number of aromatic nitrogens is 2. The second-order valence-corrected chi connectivity index (χ2v) is 6.52. The van der Waals surface area contributed by atoms with Crippen LogP contribution in [0.1, 0.15) is 10.7 Å². The van der Waals surface area contributed by atoms with Gasteiger partial charge in [-0.25, -0.2) is 0 Å². The second-order valence-electron chi connectivity index (χ2n) is 6.08. The standard InChI is InChI=1S/C19H16ClN5O6/c20-13-2-1-3-15(10-13)30-11-16(26)21-8-9-22-18(27)19-23-17(24-31-19)12-4-6-14(7-5-12)25(28)29/h1-7,10H,8-9,11H2,(H,21,26)(H,22,27). The van der Waals surface area contributed by atoms with Crippen molar-refractivity contribution in [2.45, 2.75) is 0 Å². The van der Waals surface area contributed by atoms with Gasteiger partial charge < -0.3 is 19.9 Å². The summed E-state index contributed by atoms with van der Waals surface area (Å²) < 4.78 is 10.2. The van der Waals surface area contributed by atoms with Crippen molar-refractivity contribution in [3.63, 3.8) is 0 Å². The van der Waals surface area contributed by atoms with Gasteiger partial charge in [0.2, 0.25) is 5.82 Å². The lowest BCUT2D eigenvalue weighted by molar-refractivity contribution is -0.384. The molecule has 0 fully saturated rings. The molecule has 3 rings (SSSR count). The van der Waals surface area contributed by atoms with Gasteiger partial charge >= 0.3 is 11.8 Å². The Kier molecular flexibility index (Phi) is 7.12. The van der Waals surface area contributed by atoms with Crippen LogP contribution in [0, 0.1) is 10.1 Å². The van der Waals surface area contributed by atoms with E-state index in [2.05, 4.69) is 20.8 Å². The molecule has 0 bridgehead atoms. The molecule has 1 heterocycles. The Morgan fingerprint density at radius 2 is 1.87 bits per heavy atom. The van der Waals surface area contributed by atoms with Gasteiger partial charge in [0.05, 0.1) is 4.92 Å². The summed E-state index contributed by atoms with van der Waals surface area (Å²) in [5.41, 5.74) is 0.380. The Balaban J connectivity index is 1.41. The number of benzene rings is 2. The van der Waals surface area contributed by atoms with E-state index < -0.39 is 10.8 Å². The Labute approximate surface area is 180 Å². The molecule has 2 amide bonds. The average Bonchev–Trinajstić information content (AvgIpc) is 3.26. The van der Waals surface area contributed by atoms with Crippen molar-refractivity contribution in [2.75, 3.05) is 19.7 Å². The van der Waals surface area contributed by atoms with Crippen molar-refractivity contribution in [3.05, 3.63) is 69.6 Å². The highest BCUT2D eigenvalue weighted by Crippen LogP contribution is 2.20. The van der Waals surface area contributed by atoms with Crippen LogP contribution in [-0.4, -0.2) is 46.6 Å². The number of carbonyl (C=O) groups excluding carboxylic acids is 2. The van der Waals surface area contributed by atoms with Gasteiger partial charge in [-0.2, -0.15) is 4.98 Å². The van der Waals surface area contributed by atoms with Crippen LogP contribution >= 0.6 is 11.6 Å². The number of nitro benzene ring substituents is 1. The third-order valence-electron chi connectivity index (χ3n) is 3.86. The molecule has 0 unspecified atom stereocenters. The average molecular weight is 446 g/mol. The minimum Gasteiger partial charge on any atom is -0.484 e. The monoisotopic (exact) mass is 445 g/mol. The molecule has 0 aliphatic rings. The first-order chi connectivity index (χ1) is 14.9. The highest BCUT2D eigenvalue weighted by Gasteiger charge is 2.16. The van der Waals surface area contributed by atoms with E-state index in [0.29, 0.717) is 16.3 Å². The summed E-state index contributed by atoms with van der Waals surface area (Å²) in [6.07, 6.45) is 0. The van der Waals surface area contributed by atoms with E-state index in [1.54, 1.807) is 24.3 Å². The van der Waals surface area contributed by atoms with Crippen LogP contribution in [0.3, 0.4) is 0 Å². The fraction of sp³-hybridized carbons (Fsp3) is 0.158. The molecule has 0 saturated carbocycles. The van der Waals surface area contributed by atoms with E-state index in [9.17, 15) is 19.7 Å². The van der Waals surface area contributed by atoms with Crippen molar-refractivity contribution in [3.8, 4) is 17.1 Å². The molecule has 160 valence electrons. The number of nitrogens with one attached hydrogen (secondary N) is 2. The molecular formula is C19H16ClN5O6. The molecule has 12 heteroatoms. The number of rotatable bonds is 9. The predicted molar refractivity (Wildman–Crippen MR) is 109 cm³/mol. The van der Waals surface area contributed by atoms with E-state index in [4.69, 9.17) is 20.9 Å². The lowest BCUT2D eigenvalue weighted by atomic mass is 10.2. The summed E-state index contributed by atoms with van der Waals surface area (Å²) in [7, 11) is 0. The molecule has 0 aliphatic carbocycles. The van der Waals surface area contributed by atoms with Crippen LogP contribution in [0.15, 0.2) is 53.1 Å². The van der Waals surface area contributed by atoms with Crippen LogP contribution in [0.5, 0.6) is 5.75 Å². The normalized spacial score (nSPS) is 10.4. The van der Waals surface area contributed by atoms with Crippen molar-refractivity contribution in [1.82, 2.24) is 20.8 Å². The molecule has 0 spiro atoms. The van der Waals surface area contributed by atoms with E-state index >= 15 is 0 Å². The summed E-state index contributed by atoms with van der Waals surface area (Å²) in [6, 6.07) is 12.1. The SMILES string of the molecule is O=C(COc1cccc(Cl)c1)NCCNC(=O)c1nc(-c2ccc([N+](=O)[O-])cc2)no1. The first-order valence-corrected chi connectivity index (χ1v) is 9.32. The molecule has 3 aromatic rings. The summed E-state index contributed by atoms with van der Waals surface area (Å²) in [5.74, 6) is -0.677. The van der Waals surface area contributed by atoms with Gasteiger partial charge in [0.15, 0.2) is 6.61 Å². The van der Waals surface area contributed by atoms with E-state index in [0.717, 1.165) is 0 Å². The third kappa shape index (κ3) is 6.24. The van der Waals surface area contributed by atoms with Crippen molar-refractivity contribution in [2.24, 2.45) is 0 Å². The highest BCUT2D eigenvalue weighted by molar-refractivity contribution is 6.30. The Morgan fingerprint density at radius 1 is 1.13 bits per heavy atom. The first kappa shape index (κ1) is 21.7. The molecule has 0 aliphatic heterocycles. The number of hydrogen-bond acceptors (Lipinski definition) is 8. The molecule has 1 aromatic heterocycles. The molecule has 0 saturated heterocycles. The highest BCUT2D eigenvalue weighted by atomic mass is 35.5. The summed E-state index contributed by atoms with van der Waals surface area (Å²) in [5, 5.41) is 20.0. The number of hydrogen-bond donors (Lipinski definition) is 2. The van der Waals surface area contributed by atoms with Gasteiger partial charge in [-0.05, 0) is 30.3 Å². The maximum Gasteiger partial charge on any atom is 0.316 e. The molecule has 2 N–H and O–H groups in total. The number of nitro groups is 1. The van der Waals surface area contributed by atoms with Crippen LogP contribution in [0.25, 0.3) is 11.4 Å². The maximum absolute atomic E-state index is 12.1. The van der Waals surface area contributed by atoms with Gasteiger partial charge in [0.1, 0.15) is 5.75 Å². The lowest BCUT2D eigenvalue weighted by Gasteiger charge is -2.08. The summed E-state index contributed by atoms with van der Waals surface area (Å²) in [4.78, 5) is 38.0. The molecular weight excluding hydrogens is 430 g/mol. The predicted octanol–water partition coefficient (Wildman–Crippen LogP) is 2.22. The molecule has 2 aromatic carbocycles. The second kappa shape index (κ2) is 10.2. The quantitative estimate of drug-likeness (QED) is 0.289. The van der Waals surface area contributed by atoms with Crippen molar-refractivity contribution < 1.29 is 23.8 Å². The van der Waals surface area contributed by atoms with E-state index in [-0.39, 0.29) is 43.0 Å². The topological polar surface area (TPSA) is 149 Å². The summed E-state index contributed by atoms with van der Waals surface area (Å²) in [6.45, 7) is 0.0837. The lowest BCUT2D eigenvalue weighted by Crippen LogP contribution is -2.36. The number of ether oxygens (including phenoxy) is 1. The number of halogens is 1. The largest absolute Gasteiger partial charge is 0.484 e. The Morgan fingerprint density at radius 3 is 2.58 bits per heavy atom. The maximum atomic E-state index is 12.1. The first-order valence-electron chi connectivity index (χ1n) is 8.94. The van der Waals surface area contributed by atoms with E-state index in [1.165, 1.54) is 24.3 Å². The zero-order chi connectivity index (χ0) is 22.2. The Hall–Kier alpha value is -3.99. The zero-order valence-corrected chi connectivity index (χ0v) is 16.7. The smallest absolute Gasteiger partial charge is 0.316 e. The van der Waals surface area contributed by atoms with Gasteiger partial charge in [0, 0.05) is 35.8 Å². The molecule has 0 atom stereocenters. The van der Waals surface area contributed by atoms with Crippen molar-refractivity contribution >= 4 is 29.1 Å². The minimum absolute atomic E-state index is 0.0785. The minimum atomic E-state index is -0.620. The van der Waals surface area contributed by atoms with Crippen molar-refractivity contribution in [1.29, 1.82) is 0 Å². The fourth-order valence-electron chi connectivity index (χ4n) is 2.38. The van der Waals surface area contributed by atoms with Gasteiger partial charge in [-0.15, -0.1) is 0 Å². The number of amides is 2. The number of carbonyl (C=O) groups is 2. The Bertz CT molecular complexity index is 1090. The molecule has 0 radical (unpaired) electrons. The third-order valence-corrected chi connectivity index (χ3v) is 4.09. The number of non-ortho nitro benzene ring substituents is 1. The summed E-state index contributed by atoms with van der Waals surface area (Å²) >= 11 is 5.83. The fourth-order valence-corrected chi connectivity index (χ4v) is 2.56. The zero-order valence-electron chi connectivity index (χ0n) is 15.9. The number of nitrogens with zero attached hydrogens (tertiary/aromatic N) is 3. The van der Waals surface area contributed by atoms with Gasteiger partial charge in [-0.1, -0.05) is 22.8 Å². The van der Waals surface area contributed by atoms with Crippen LogP contribution in [0.4, 0.5) is 5.69 Å².